The minimum absolute atomic E-state index is 0.0558. The predicted molar refractivity (Wildman–Crippen MR) is 115 cm³/mol. The maximum Gasteiger partial charge on any atom is 0.511 e. The van der Waals surface area contributed by atoms with E-state index in [1.54, 1.807) is 32.2 Å². The Kier molecular flexibility index (Phi) is 7.80. The molecule has 0 radical (unpaired) electrons. The lowest BCUT2D eigenvalue weighted by atomic mass is 9.86. The van der Waals surface area contributed by atoms with Crippen molar-refractivity contribution in [1.82, 2.24) is 9.78 Å². The highest BCUT2D eigenvalue weighted by atomic mass is 19.4. The smallest absolute Gasteiger partial charge is 0.451 e. The molecule has 1 heterocycles. The van der Waals surface area contributed by atoms with Gasteiger partial charge in [-0.2, -0.15) is 23.5 Å². The van der Waals surface area contributed by atoms with Gasteiger partial charge in [0.15, 0.2) is 12.4 Å². The quantitative estimate of drug-likeness (QED) is 0.242. The van der Waals surface area contributed by atoms with Crippen LogP contribution in [-0.2, 0) is 26.7 Å². The summed E-state index contributed by atoms with van der Waals surface area (Å²) in [6.45, 7) is 7.45. The molecule has 33 heavy (non-hydrogen) atoms. The molecule has 0 bridgehead atoms. The summed E-state index contributed by atoms with van der Waals surface area (Å²) in [7, 11) is 1.65. The van der Waals surface area contributed by atoms with Gasteiger partial charge in [0.05, 0.1) is 5.69 Å². The monoisotopic (exact) mass is 465 g/mol. The summed E-state index contributed by atoms with van der Waals surface area (Å²) in [5, 5.41) is 14.2. The zero-order chi connectivity index (χ0) is 25.0. The average molecular weight is 465 g/mol. The SMILES string of the molecule is Cc1cc(/C(OC(C)OC(=O)OCC(F)(F)F)=C(\C#N)c2ccc(C(C)(C)C)cc2)n(C)n1. The molecule has 0 spiro atoms. The van der Waals surface area contributed by atoms with Crippen LogP contribution in [0.3, 0.4) is 0 Å². The van der Waals surface area contributed by atoms with E-state index in [-0.39, 0.29) is 16.7 Å². The summed E-state index contributed by atoms with van der Waals surface area (Å²) in [5.41, 5.74) is 2.72. The molecule has 10 heteroatoms. The van der Waals surface area contributed by atoms with E-state index in [0.29, 0.717) is 17.0 Å². The highest BCUT2D eigenvalue weighted by Gasteiger charge is 2.31. The molecular weight excluding hydrogens is 439 g/mol. The fourth-order valence-corrected chi connectivity index (χ4v) is 2.95. The van der Waals surface area contributed by atoms with Gasteiger partial charge in [0.1, 0.15) is 17.3 Å². The van der Waals surface area contributed by atoms with Crippen LogP contribution < -0.4 is 0 Å². The van der Waals surface area contributed by atoms with Crippen LogP contribution >= 0.6 is 0 Å². The second-order valence-corrected chi connectivity index (χ2v) is 8.40. The molecule has 1 atom stereocenters. The predicted octanol–water partition coefficient (Wildman–Crippen LogP) is 5.50. The van der Waals surface area contributed by atoms with Crippen molar-refractivity contribution in [3.8, 4) is 6.07 Å². The number of aryl methyl sites for hydroxylation is 2. The van der Waals surface area contributed by atoms with E-state index in [9.17, 15) is 23.2 Å². The number of carbonyl (C=O) groups excluding carboxylic acids is 1. The number of halogens is 3. The maximum absolute atomic E-state index is 12.3. The van der Waals surface area contributed by atoms with E-state index in [1.165, 1.54) is 11.6 Å². The molecule has 0 aliphatic rings. The van der Waals surface area contributed by atoms with Gasteiger partial charge in [-0.3, -0.25) is 4.68 Å². The third kappa shape index (κ3) is 7.27. The standard InChI is InChI=1S/C23H26F3N3O4/c1-14-11-19(29(6)28-14)20(32-15(2)33-21(30)31-13-23(24,25)26)18(12-27)16-7-9-17(10-8-16)22(3,4)5/h7-11,15H,13H2,1-6H3/b20-18-. The van der Waals surface area contributed by atoms with Crippen molar-refractivity contribution < 1.29 is 32.2 Å². The molecule has 1 aromatic carbocycles. The zero-order valence-corrected chi connectivity index (χ0v) is 19.3. The molecule has 178 valence electrons. The van der Waals surface area contributed by atoms with E-state index in [2.05, 4.69) is 36.7 Å². The van der Waals surface area contributed by atoms with Crippen LogP contribution in [0.1, 0.15) is 50.2 Å². The van der Waals surface area contributed by atoms with Gasteiger partial charge >= 0.3 is 12.3 Å². The molecule has 0 fully saturated rings. The number of alkyl halides is 3. The van der Waals surface area contributed by atoms with E-state index in [1.807, 2.05) is 12.1 Å². The molecule has 0 N–H and O–H groups in total. The van der Waals surface area contributed by atoms with Gasteiger partial charge in [0, 0.05) is 14.0 Å². The van der Waals surface area contributed by atoms with E-state index in [4.69, 9.17) is 9.47 Å². The number of ether oxygens (including phenoxy) is 3. The number of benzene rings is 1. The number of carbonyl (C=O) groups is 1. The van der Waals surface area contributed by atoms with E-state index < -0.39 is 25.2 Å². The van der Waals surface area contributed by atoms with Crippen molar-refractivity contribution in [2.45, 2.75) is 52.5 Å². The summed E-state index contributed by atoms with van der Waals surface area (Å²) < 4.78 is 52.8. The Morgan fingerprint density at radius 2 is 1.79 bits per heavy atom. The molecule has 0 aliphatic heterocycles. The third-order valence-electron chi connectivity index (χ3n) is 4.51. The van der Waals surface area contributed by atoms with Gasteiger partial charge in [-0.25, -0.2) is 4.79 Å². The molecule has 0 saturated carbocycles. The second-order valence-electron chi connectivity index (χ2n) is 8.40. The van der Waals surface area contributed by atoms with Crippen molar-refractivity contribution in [3.05, 3.63) is 52.8 Å². The molecule has 1 unspecified atom stereocenters. The zero-order valence-electron chi connectivity index (χ0n) is 19.3. The largest absolute Gasteiger partial charge is 0.511 e. The first kappa shape index (κ1) is 25.8. The number of aromatic nitrogens is 2. The van der Waals surface area contributed by atoms with Crippen LogP contribution in [0.15, 0.2) is 30.3 Å². The first-order valence-electron chi connectivity index (χ1n) is 10.0. The molecule has 1 aromatic heterocycles. The first-order chi connectivity index (χ1) is 15.2. The van der Waals surface area contributed by atoms with Crippen LogP contribution in [0.4, 0.5) is 18.0 Å². The Morgan fingerprint density at radius 3 is 2.24 bits per heavy atom. The average Bonchev–Trinajstić information content (AvgIpc) is 3.03. The second kappa shape index (κ2) is 9.98. The van der Waals surface area contributed by atoms with E-state index >= 15 is 0 Å². The Morgan fingerprint density at radius 1 is 1.18 bits per heavy atom. The van der Waals surface area contributed by atoms with Crippen LogP contribution in [0.25, 0.3) is 11.3 Å². The minimum atomic E-state index is -4.69. The van der Waals surface area contributed by atoms with Gasteiger partial charge in [0.2, 0.25) is 6.29 Å². The molecule has 0 amide bonds. The fourth-order valence-electron chi connectivity index (χ4n) is 2.95. The van der Waals surface area contributed by atoms with Crippen molar-refractivity contribution >= 4 is 17.5 Å². The van der Waals surface area contributed by atoms with Crippen LogP contribution in [0, 0.1) is 18.3 Å². The number of hydrogen-bond acceptors (Lipinski definition) is 6. The molecule has 0 aliphatic carbocycles. The molecule has 2 rings (SSSR count). The van der Waals surface area contributed by atoms with Gasteiger partial charge in [0.25, 0.3) is 0 Å². The normalized spacial score (nSPS) is 13.6. The topological polar surface area (TPSA) is 86.4 Å². The number of hydrogen-bond donors (Lipinski definition) is 0. The highest BCUT2D eigenvalue weighted by Crippen LogP contribution is 2.31. The Labute approximate surface area is 190 Å². The summed E-state index contributed by atoms with van der Waals surface area (Å²) >= 11 is 0. The van der Waals surface area contributed by atoms with Gasteiger partial charge in [-0.05, 0) is 29.5 Å². The highest BCUT2D eigenvalue weighted by molar-refractivity contribution is 5.94. The number of allylic oxidation sites excluding steroid dienone is 1. The van der Waals surface area contributed by atoms with E-state index in [0.717, 1.165) is 5.56 Å². The Hall–Kier alpha value is -3.48. The summed E-state index contributed by atoms with van der Waals surface area (Å²) in [4.78, 5) is 11.6. The maximum atomic E-state index is 12.3. The van der Waals surface area contributed by atoms with Crippen molar-refractivity contribution in [3.63, 3.8) is 0 Å². The van der Waals surface area contributed by atoms with Crippen LogP contribution in [-0.4, -0.2) is 35.0 Å². The summed E-state index contributed by atoms with van der Waals surface area (Å²) in [6.07, 6.45) is -7.59. The fraction of sp³-hybridized carbons (Fsp3) is 0.435. The Balaban J connectivity index is 2.41. The van der Waals surface area contributed by atoms with Gasteiger partial charge in [-0.15, -0.1) is 0 Å². The lowest BCUT2D eigenvalue weighted by Crippen LogP contribution is -2.24. The molecular formula is C23H26F3N3O4. The molecule has 7 nitrogen and oxygen atoms in total. The van der Waals surface area contributed by atoms with Crippen molar-refractivity contribution in [2.75, 3.05) is 6.61 Å². The lowest BCUT2D eigenvalue weighted by Gasteiger charge is -2.20. The molecule has 2 aromatic rings. The first-order valence-corrected chi connectivity index (χ1v) is 10.0. The number of nitrogens with zero attached hydrogens (tertiary/aromatic N) is 3. The van der Waals surface area contributed by atoms with Gasteiger partial charge in [-0.1, -0.05) is 45.0 Å². The summed E-state index contributed by atoms with van der Waals surface area (Å²) in [6, 6.07) is 11.1. The molecule has 0 saturated heterocycles. The third-order valence-corrected chi connectivity index (χ3v) is 4.51. The van der Waals surface area contributed by atoms with Crippen molar-refractivity contribution in [2.24, 2.45) is 7.05 Å². The number of nitriles is 1. The number of rotatable bonds is 6. The Bertz CT molecular complexity index is 1060. The van der Waals surface area contributed by atoms with Crippen LogP contribution in [0.5, 0.6) is 0 Å². The summed E-state index contributed by atoms with van der Waals surface area (Å²) in [5.74, 6) is 0.0558. The van der Waals surface area contributed by atoms with Crippen molar-refractivity contribution in [1.29, 1.82) is 5.26 Å². The van der Waals surface area contributed by atoms with Crippen LogP contribution in [0.2, 0.25) is 0 Å². The van der Waals surface area contributed by atoms with Gasteiger partial charge < -0.3 is 14.2 Å². The minimum Gasteiger partial charge on any atom is -0.451 e. The lowest BCUT2D eigenvalue weighted by molar-refractivity contribution is -0.171.